The van der Waals surface area contributed by atoms with Crippen LogP contribution in [0.25, 0.3) is 0 Å². The lowest BCUT2D eigenvalue weighted by Gasteiger charge is -2.23. The van der Waals surface area contributed by atoms with Crippen LogP contribution in [0.15, 0.2) is 17.3 Å². The van der Waals surface area contributed by atoms with Crippen molar-refractivity contribution in [1.29, 1.82) is 0 Å². The molecule has 0 fully saturated rings. The Morgan fingerprint density at radius 1 is 1.29 bits per heavy atom. The number of aryl methyl sites for hydroxylation is 1. The van der Waals surface area contributed by atoms with Gasteiger partial charge in [0.15, 0.2) is 0 Å². The molecule has 1 N–H and O–H groups in total. The Labute approximate surface area is 103 Å². The Morgan fingerprint density at radius 2 is 1.94 bits per heavy atom. The van der Waals surface area contributed by atoms with Crippen molar-refractivity contribution in [1.82, 2.24) is 4.98 Å². The van der Waals surface area contributed by atoms with Crippen molar-refractivity contribution in [3.63, 3.8) is 0 Å². The third kappa shape index (κ3) is 3.73. The number of pyridine rings is 1. The second-order valence-electron chi connectivity index (χ2n) is 4.08. The van der Waals surface area contributed by atoms with Gasteiger partial charge in [0.05, 0.1) is 6.21 Å². The summed E-state index contributed by atoms with van der Waals surface area (Å²) in [7, 11) is 0. The molecule has 0 aliphatic heterocycles. The van der Waals surface area contributed by atoms with Crippen LogP contribution in [-0.4, -0.2) is 29.5 Å². The molecule has 0 atom stereocenters. The molecular weight excluding hydrogens is 214 g/mol. The molecule has 0 aliphatic carbocycles. The molecule has 1 heterocycles. The zero-order chi connectivity index (χ0) is 12.7. The highest BCUT2D eigenvalue weighted by molar-refractivity contribution is 5.80. The first-order valence-corrected chi connectivity index (χ1v) is 6.13. The summed E-state index contributed by atoms with van der Waals surface area (Å²) < 4.78 is 0. The third-order valence-electron chi connectivity index (χ3n) is 2.62. The predicted molar refractivity (Wildman–Crippen MR) is 71.1 cm³/mol. The Balaban J connectivity index is 2.92. The SMILES string of the molecule is CCCN(CCC)c1ccc(/C=N\O)c(C)n1. The molecule has 0 saturated carbocycles. The van der Waals surface area contributed by atoms with Crippen LogP contribution in [0.3, 0.4) is 0 Å². The lowest BCUT2D eigenvalue weighted by Crippen LogP contribution is -2.26. The smallest absolute Gasteiger partial charge is 0.128 e. The summed E-state index contributed by atoms with van der Waals surface area (Å²) in [5.41, 5.74) is 1.74. The minimum absolute atomic E-state index is 0.851. The van der Waals surface area contributed by atoms with Gasteiger partial charge in [-0.2, -0.15) is 0 Å². The van der Waals surface area contributed by atoms with E-state index in [0.29, 0.717) is 0 Å². The van der Waals surface area contributed by atoms with Crippen molar-refractivity contribution in [2.24, 2.45) is 5.16 Å². The minimum atomic E-state index is 0.851. The van der Waals surface area contributed by atoms with Crippen LogP contribution in [0, 0.1) is 6.92 Å². The fourth-order valence-electron chi connectivity index (χ4n) is 1.81. The highest BCUT2D eigenvalue weighted by Crippen LogP contribution is 2.14. The zero-order valence-electron chi connectivity index (χ0n) is 10.8. The molecule has 94 valence electrons. The van der Waals surface area contributed by atoms with E-state index in [0.717, 1.165) is 43.0 Å². The summed E-state index contributed by atoms with van der Waals surface area (Å²) in [6, 6.07) is 3.92. The summed E-state index contributed by atoms with van der Waals surface area (Å²) >= 11 is 0. The van der Waals surface area contributed by atoms with Crippen molar-refractivity contribution in [2.45, 2.75) is 33.6 Å². The number of hydrogen-bond donors (Lipinski definition) is 1. The lowest BCUT2D eigenvalue weighted by atomic mass is 10.2. The molecule has 1 aromatic rings. The van der Waals surface area contributed by atoms with Crippen molar-refractivity contribution in [2.75, 3.05) is 18.0 Å². The van der Waals surface area contributed by atoms with E-state index in [1.165, 1.54) is 6.21 Å². The predicted octanol–water partition coefficient (Wildman–Crippen LogP) is 2.82. The summed E-state index contributed by atoms with van der Waals surface area (Å²) in [6.45, 7) is 8.31. The number of rotatable bonds is 6. The van der Waals surface area contributed by atoms with E-state index in [1.807, 2.05) is 19.1 Å². The first-order valence-electron chi connectivity index (χ1n) is 6.13. The molecule has 0 amide bonds. The molecule has 0 saturated heterocycles. The van der Waals surface area contributed by atoms with Gasteiger partial charge in [0.25, 0.3) is 0 Å². The number of hydrogen-bond acceptors (Lipinski definition) is 4. The van der Waals surface area contributed by atoms with Gasteiger partial charge in [-0.25, -0.2) is 4.98 Å². The zero-order valence-corrected chi connectivity index (χ0v) is 10.8. The van der Waals surface area contributed by atoms with Gasteiger partial charge in [0.1, 0.15) is 5.82 Å². The van der Waals surface area contributed by atoms with E-state index in [1.54, 1.807) is 0 Å². The van der Waals surface area contributed by atoms with Crippen molar-refractivity contribution >= 4 is 12.0 Å². The monoisotopic (exact) mass is 235 g/mol. The number of nitrogens with zero attached hydrogens (tertiary/aromatic N) is 3. The van der Waals surface area contributed by atoms with Gasteiger partial charge < -0.3 is 10.1 Å². The summed E-state index contributed by atoms with van der Waals surface area (Å²) in [6.07, 6.45) is 3.64. The molecule has 17 heavy (non-hydrogen) atoms. The Kier molecular flexibility index (Phi) is 5.46. The van der Waals surface area contributed by atoms with Gasteiger partial charge in [0, 0.05) is 24.3 Å². The van der Waals surface area contributed by atoms with Gasteiger partial charge in [-0.15, -0.1) is 0 Å². The number of oxime groups is 1. The fraction of sp³-hybridized carbons (Fsp3) is 0.538. The largest absolute Gasteiger partial charge is 0.411 e. The van der Waals surface area contributed by atoms with Crippen molar-refractivity contribution < 1.29 is 5.21 Å². The van der Waals surface area contributed by atoms with Crippen LogP contribution in [0.2, 0.25) is 0 Å². The normalized spacial score (nSPS) is 11.0. The van der Waals surface area contributed by atoms with Crippen molar-refractivity contribution in [3.05, 3.63) is 23.4 Å². The maximum absolute atomic E-state index is 8.52. The van der Waals surface area contributed by atoms with E-state index in [-0.39, 0.29) is 0 Å². The molecule has 0 radical (unpaired) electrons. The average molecular weight is 235 g/mol. The molecule has 1 rings (SSSR count). The quantitative estimate of drug-likeness (QED) is 0.468. The molecule has 1 aromatic heterocycles. The molecule has 0 spiro atoms. The van der Waals surface area contributed by atoms with Gasteiger partial charge in [-0.1, -0.05) is 19.0 Å². The topological polar surface area (TPSA) is 48.7 Å². The average Bonchev–Trinajstić information content (AvgIpc) is 2.32. The number of aromatic nitrogens is 1. The Bertz CT molecular complexity index is 371. The highest BCUT2D eigenvalue weighted by Gasteiger charge is 2.07. The molecule has 0 aromatic carbocycles. The van der Waals surface area contributed by atoms with Crippen LogP contribution >= 0.6 is 0 Å². The maximum Gasteiger partial charge on any atom is 0.128 e. The Hall–Kier alpha value is -1.58. The molecule has 0 unspecified atom stereocenters. The van der Waals surface area contributed by atoms with Crippen LogP contribution in [0.5, 0.6) is 0 Å². The second kappa shape index (κ2) is 6.89. The van der Waals surface area contributed by atoms with Crippen molar-refractivity contribution in [3.8, 4) is 0 Å². The van der Waals surface area contributed by atoms with E-state index in [2.05, 4.69) is 28.9 Å². The first-order chi connectivity index (χ1) is 8.22. The Morgan fingerprint density at radius 3 is 2.41 bits per heavy atom. The fourth-order valence-corrected chi connectivity index (χ4v) is 1.81. The summed E-state index contributed by atoms with van der Waals surface area (Å²) in [5, 5.41) is 11.6. The molecule has 4 nitrogen and oxygen atoms in total. The van der Waals surface area contributed by atoms with E-state index < -0.39 is 0 Å². The van der Waals surface area contributed by atoms with E-state index in [4.69, 9.17) is 5.21 Å². The van der Waals surface area contributed by atoms with E-state index in [9.17, 15) is 0 Å². The highest BCUT2D eigenvalue weighted by atomic mass is 16.4. The molecule has 0 aliphatic rings. The van der Waals surface area contributed by atoms with Crippen LogP contribution in [0.1, 0.15) is 37.9 Å². The molecule has 0 bridgehead atoms. The van der Waals surface area contributed by atoms with Crippen LogP contribution < -0.4 is 4.90 Å². The molecule has 4 heteroatoms. The third-order valence-corrected chi connectivity index (χ3v) is 2.62. The minimum Gasteiger partial charge on any atom is -0.411 e. The first kappa shape index (κ1) is 13.5. The van der Waals surface area contributed by atoms with Crippen LogP contribution in [0.4, 0.5) is 5.82 Å². The second-order valence-corrected chi connectivity index (χ2v) is 4.08. The van der Waals surface area contributed by atoms with Gasteiger partial charge >= 0.3 is 0 Å². The maximum atomic E-state index is 8.52. The standard InChI is InChI=1S/C13H21N3O/c1-4-8-16(9-5-2)13-7-6-12(10-14-17)11(3)15-13/h6-7,10,17H,4-5,8-9H2,1-3H3/b14-10-. The number of anilines is 1. The molecular formula is C13H21N3O. The summed E-state index contributed by atoms with van der Waals surface area (Å²) in [5.74, 6) is 1.00. The van der Waals surface area contributed by atoms with Gasteiger partial charge in [0.2, 0.25) is 0 Å². The summed E-state index contributed by atoms with van der Waals surface area (Å²) in [4.78, 5) is 6.84. The lowest BCUT2D eigenvalue weighted by molar-refractivity contribution is 0.322. The van der Waals surface area contributed by atoms with E-state index >= 15 is 0 Å². The van der Waals surface area contributed by atoms with Gasteiger partial charge in [-0.05, 0) is 31.9 Å². The van der Waals surface area contributed by atoms with Gasteiger partial charge in [-0.3, -0.25) is 0 Å². The van der Waals surface area contributed by atoms with Crippen LogP contribution in [-0.2, 0) is 0 Å².